The highest BCUT2D eigenvalue weighted by Gasteiger charge is 2.27. The molecule has 4 nitrogen and oxygen atoms in total. The van der Waals surface area contributed by atoms with E-state index in [1.807, 2.05) is 18.2 Å². The monoisotopic (exact) mass is 273 g/mol. The lowest BCUT2D eigenvalue weighted by Gasteiger charge is -2.31. The van der Waals surface area contributed by atoms with Gasteiger partial charge in [-0.25, -0.2) is 0 Å². The van der Waals surface area contributed by atoms with Crippen molar-refractivity contribution in [3.63, 3.8) is 0 Å². The minimum atomic E-state index is 0.126. The second-order valence-corrected chi connectivity index (χ2v) is 5.00. The molecule has 2 atom stereocenters. The second kappa shape index (κ2) is 7.70. The summed E-state index contributed by atoms with van der Waals surface area (Å²) in [6.45, 7) is 5.79. The molecule has 4 heteroatoms. The van der Waals surface area contributed by atoms with Crippen molar-refractivity contribution in [1.82, 2.24) is 5.32 Å². The molecule has 1 aromatic carbocycles. The molecule has 0 aliphatic carbocycles. The number of benzene rings is 1. The Balaban J connectivity index is 1.99. The van der Waals surface area contributed by atoms with Crippen molar-refractivity contribution in [1.29, 1.82) is 0 Å². The van der Waals surface area contributed by atoms with Gasteiger partial charge in [-0.15, -0.1) is 6.58 Å². The van der Waals surface area contributed by atoms with E-state index in [1.54, 1.807) is 6.08 Å². The molecule has 1 aliphatic rings. The summed E-state index contributed by atoms with van der Waals surface area (Å²) in [6.07, 6.45) is 4.10. The molecule has 0 bridgehead atoms. The van der Waals surface area contributed by atoms with Crippen molar-refractivity contribution in [2.24, 2.45) is 16.6 Å². The Labute approximate surface area is 120 Å². The number of ether oxygens (including phenoxy) is 1. The van der Waals surface area contributed by atoms with Gasteiger partial charge in [0, 0.05) is 25.6 Å². The van der Waals surface area contributed by atoms with Gasteiger partial charge in [0.2, 0.25) is 0 Å². The maximum absolute atomic E-state index is 5.94. The molecule has 108 valence electrons. The standard InChI is InChI=1S/C16H23N3O/c1-2-10-18-16(17)19-12-14-9-6-11-20-15(14)13-7-4-3-5-8-13/h2-5,7-8,14-15H,1,6,9-12H2,(H3,17,18,19). The van der Waals surface area contributed by atoms with E-state index in [2.05, 4.69) is 29.0 Å². The molecule has 1 heterocycles. The number of nitrogens with two attached hydrogens (primary N) is 1. The summed E-state index contributed by atoms with van der Waals surface area (Å²) >= 11 is 0. The van der Waals surface area contributed by atoms with Crippen molar-refractivity contribution in [2.75, 3.05) is 19.7 Å². The van der Waals surface area contributed by atoms with Crippen LogP contribution in [0.15, 0.2) is 48.0 Å². The van der Waals surface area contributed by atoms with Crippen LogP contribution in [0.25, 0.3) is 0 Å². The predicted octanol–water partition coefficient (Wildman–Crippen LogP) is 2.24. The molecule has 2 unspecified atom stereocenters. The Hall–Kier alpha value is -1.81. The molecular formula is C16H23N3O. The van der Waals surface area contributed by atoms with Crippen LogP contribution < -0.4 is 11.1 Å². The van der Waals surface area contributed by atoms with E-state index in [-0.39, 0.29) is 6.10 Å². The van der Waals surface area contributed by atoms with E-state index < -0.39 is 0 Å². The fraction of sp³-hybridized carbons (Fsp3) is 0.438. The highest BCUT2D eigenvalue weighted by Crippen LogP contribution is 2.33. The van der Waals surface area contributed by atoms with E-state index >= 15 is 0 Å². The maximum Gasteiger partial charge on any atom is 0.188 e. The third-order valence-corrected chi connectivity index (χ3v) is 3.50. The van der Waals surface area contributed by atoms with Crippen LogP contribution in [0.3, 0.4) is 0 Å². The van der Waals surface area contributed by atoms with Crippen LogP contribution in [0.5, 0.6) is 0 Å². The van der Waals surface area contributed by atoms with Gasteiger partial charge < -0.3 is 15.8 Å². The minimum absolute atomic E-state index is 0.126. The lowest BCUT2D eigenvalue weighted by atomic mass is 9.89. The van der Waals surface area contributed by atoms with Crippen molar-refractivity contribution >= 4 is 5.96 Å². The smallest absolute Gasteiger partial charge is 0.188 e. The van der Waals surface area contributed by atoms with Gasteiger partial charge in [0.05, 0.1) is 6.10 Å². The van der Waals surface area contributed by atoms with Gasteiger partial charge in [0.15, 0.2) is 5.96 Å². The molecule has 0 amide bonds. The molecule has 0 saturated carbocycles. The van der Waals surface area contributed by atoms with Crippen LogP contribution in [0, 0.1) is 5.92 Å². The third kappa shape index (κ3) is 4.10. The largest absolute Gasteiger partial charge is 0.373 e. The summed E-state index contributed by atoms with van der Waals surface area (Å²) in [5.74, 6) is 0.859. The Morgan fingerprint density at radius 1 is 1.45 bits per heavy atom. The van der Waals surface area contributed by atoms with Crippen LogP contribution in [-0.2, 0) is 4.74 Å². The zero-order valence-electron chi connectivity index (χ0n) is 11.8. The first kappa shape index (κ1) is 14.6. The highest BCUT2D eigenvalue weighted by atomic mass is 16.5. The molecule has 1 saturated heterocycles. The summed E-state index contributed by atoms with van der Waals surface area (Å²) in [7, 11) is 0. The van der Waals surface area contributed by atoms with Crippen molar-refractivity contribution in [3.05, 3.63) is 48.6 Å². The highest BCUT2D eigenvalue weighted by molar-refractivity contribution is 5.77. The predicted molar refractivity (Wildman–Crippen MR) is 82.5 cm³/mol. The van der Waals surface area contributed by atoms with Crippen LogP contribution in [0.1, 0.15) is 24.5 Å². The molecule has 1 aromatic rings. The first-order valence-electron chi connectivity index (χ1n) is 7.12. The lowest BCUT2D eigenvalue weighted by molar-refractivity contribution is -0.0250. The first-order chi connectivity index (χ1) is 9.81. The average molecular weight is 273 g/mol. The minimum Gasteiger partial charge on any atom is -0.373 e. The molecule has 0 aromatic heterocycles. The summed E-state index contributed by atoms with van der Waals surface area (Å²) < 4.78 is 5.94. The first-order valence-corrected chi connectivity index (χ1v) is 7.12. The molecule has 1 aliphatic heterocycles. The van der Waals surface area contributed by atoms with Gasteiger partial charge in [-0.3, -0.25) is 4.99 Å². The van der Waals surface area contributed by atoms with Gasteiger partial charge in [-0.2, -0.15) is 0 Å². The number of nitrogens with zero attached hydrogens (tertiary/aromatic N) is 1. The van der Waals surface area contributed by atoms with E-state index in [4.69, 9.17) is 10.5 Å². The molecule has 3 N–H and O–H groups in total. The van der Waals surface area contributed by atoms with Crippen LogP contribution in [0.4, 0.5) is 0 Å². The SMILES string of the molecule is C=CCNC(N)=NCC1CCCOC1c1ccccc1. The zero-order chi connectivity index (χ0) is 14.2. The molecule has 20 heavy (non-hydrogen) atoms. The Kier molecular flexibility index (Phi) is 5.62. The number of guanidine groups is 1. The molecule has 0 radical (unpaired) electrons. The lowest BCUT2D eigenvalue weighted by Crippen LogP contribution is -2.33. The summed E-state index contributed by atoms with van der Waals surface area (Å²) in [5, 5.41) is 3.00. The van der Waals surface area contributed by atoms with E-state index in [0.717, 1.165) is 19.4 Å². The van der Waals surface area contributed by atoms with Gasteiger partial charge in [0.25, 0.3) is 0 Å². The van der Waals surface area contributed by atoms with E-state index in [0.29, 0.717) is 25.0 Å². The van der Waals surface area contributed by atoms with Crippen molar-refractivity contribution in [2.45, 2.75) is 18.9 Å². The normalized spacial score (nSPS) is 23.3. The third-order valence-electron chi connectivity index (χ3n) is 3.50. The number of rotatable bonds is 5. The van der Waals surface area contributed by atoms with Crippen LogP contribution in [-0.4, -0.2) is 25.7 Å². The fourth-order valence-electron chi connectivity index (χ4n) is 2.49. The van der Waals surface area contributed by atoms with Gasteiger partial charge in [0.1, 0.15) is 0 Å². The van der Waals surface area contributed by atoms with Crippen LogP contribution >= 0.6 is 0 Å². The number of hydrogen-bond acceptors (Lipinski definition) is 2. The Bertz CT molecular complexity index is 444. The molecule has 0 spiro atoms. The number of hydrogen-bond donors (Lipinski definition) is 2. The molecule has 2 rings (SSSR count). The Morgan fingerprint density at radius 2 is 2.25 bits per heavy atom. The van der Waals surface area contributed by atoms with Gasteiger partial charge in [-0.1, -0.05) is 36.4 Å². The summed E-state index contributed by atoms with van der Waals surface area (Å²) in [6, 6.07) is 10.4. The van der Waals surface area contributed by atoms with Crippen molar-refractivity contribution in [3.8, 4) is 0 Å². The zero-order valence-corrected chi connectivity index (χ0v) is 11.8. The topological polar surface area (TPSA) is 59.6 Å². The molecular weight excluding hydrogens is 250 g/mol. The van der Waals surface area contributed by atoms with Gasteiger partial charge >= 0.3 is 0 Å². The Morgan fingerprint density at radius 3 is 3.00 bits per heavy atom. The molecule has 1 fully saturated rings. The summed E-state index contributed by atoms with van der Waals surface area (Å²) in [4.78, 5) is 4.42. The number of nitrogens with one attached hydrogen (secondary N) is 1. The number of aliphatic imine (C=N–C) groups is 1. The maximum atomic E-state index is 5.94. The quantitative estimate of drug-likeness (QED) is 0.491. The summed E-state index contributed by atoms with van der Waals surface area (Å²) in [5.41, 5.74) is 7.04. The average Bonchev–Trinajstić information content (AvgIpc) is 2.52. The van der Waals surface area contributed by atoms with E-state index in [9.17, 15) is 0 Å². The van der Waals surface area contributed by atoms with Crippen LogP contribution in [0.2, 0.25) is 0 Å². The fourth-order valence-corrected chi connectivity index (χ4v) is 2.49. The van der Waals surface area contributed by atoms with Gasteiger partial charge in [-0.05, 0) is 18.4 Å². The van der Waals surface area contributed by atoms with Crippen molar-refractivity contribution < 1.29 is 4.74 Å². The van der Waals surface area contributed by atoms with E-state index in [1.165, 1.54) is 5.56 Å². The second-order valence-electron chi connectivity index (χ2n) is 5.00.